The zero-order chi connectivity index (χ0) is 15.7. The average Bonchev–Trinajstić information content (AvgIpc) is 3.15. The molecule has 0 aliphatic heterocycles. The van der Waals surface area contributed by atoms with Crippen LogP contribution in [0.5, 0.6) is 0 Å². The fourth-order valence-electron chi connectivity index (χ4n) is 1.64. The summed E-state index contributed by atoms with van der Waals surface area (Å²) in [6.07, 6.45) is -3.35. The van der Waals surface area contributed by atoms with Crippen molar-refractivity contribution in [1.82, 2.24) is 15.1 Å². The summed E-state index contributed by atoms with van der Waals surface area (Å²) < 4.78 is 42.1. The third-order valence-corrected chi connectivity index (χ3v) is 3.69. The van der Waals surface area contributed by atoms with Gasteiger partial charge in [0.05, 0.1) is 9.75 Å². The number of nitrogens with zero attached hydrogens (tertiary/aromatic N) is 3. The normalized spacial score (nSPS) is 11.6. The molecule has 0 radical (unpaired) electrons. The SMILES string of the molecule is O=C(c1ccc(-c2nc(-c3ccccn3)no2)s1)C(F)(F)F. The number of ketones is 1. The first-order valence-electron chi connectivity index (χ1n) is 5.92. The van der Waals surface area contributed by atoms with E-state index in [9.17, 15) is 18.0 Å². The lowest BCUT2D eigenvalue weighted by molar-refractivity contribution is -0.0882. The second-order valence-electron chi connectivity index (χ2n) is 4.13. The van der Waals surface area contributed by atoms with Gasteiger partial charge in [-0.25, -0.2) is 0 Å². The van der Waals surface area contributed by atoms with Crippen molar-refractivity contribution in [2.24, 2.45) is 0 Å². The van der Waals surface area contributed by atoms with Gasteiger partial charge in [-0.2, -0.15) is 18.2 Å². The Kier molecular flexibility index (Phi) is 3.49. The van der Waals surface area contributed by atoms with Crippen LogP contribution in [0.15, 0.2) is 41.1 Å². The first-order chi connectivity index (χ1) is 10.4. The molecule has 0 spiro atoms. The standard InChI is InChI=1S/C13H6F3N3O2S/c14-13(15,16)10(20)8-4-5-9(22-8)12-18-11(19-21-12)7-3-1-2-6-17-7/h1-6H. The number of halogens is 3. The Morgan fingerprint density at radius 2 is 2.00 bits per heavy atom. The number of hydrogen-bond donors (Lipinski definition) is 0. The maximum absolute atomic E-state index is 12.4. The Bertz CT molecular complexity index is 811. The van der Waals surface area contributed by atoms with Gasteiger partial charge in [0, 0.05) is 6.20 Å². The molecule has 3 aromatic rings. The van der Waals surface area contributed by atoms with Gasteiger partial charge in [-0.05, 0) is 24.3 Å². The third-order valence-electron chi connectivity index (χ3n) is 2.62. The van der Waals surface area contributed by atoms with Crippen LogP contribution >= 0.6 is 11.3 Å². The highest BCUT2D eigenvalue weighted by atomic mass is 32.1. The summed E-state index contributed by atoms with van der Waals surface area (Å²) in [4.78, 5) is 19.1. The van der Waals surface area contributed by atoms with Crippen LogP contribution in [0.25, 0.3) is 22.3 Å². The molecule has 0 saturated heterocycles. The molecule has 3 aromatic heterocycles. The van der Waals surface area contributed by atoms with Gasteiger partial charge in [-0.1, -0.05) is 11.2 Å². The summed E-state index contributed by atoms with van der Waals surface area (Å²) in [5.41, 5.74) is 0.473. The number of rotatable bonds is 3. The second-order valence-corrected chi connectivity index (χ2v) is 5.21. The van der Waals surface area contributed by atoms with Gasteiger partial charge >= 0.3 is 6.18 Å². The first kappa shape index (κ1) is 14.4. The van der Waals surface area contributed by atoms with E-state index in [1.54, 1.807) is 24.4 Å². The van der Waals surface area contributed by atoms with Crippen LogP contribution in [0, 0.1) is 0 Å². The molecule has 0 amide bonds. The highest BCUT2D eigenvalue weighted by molar-refractivity contribution is 7.17. The van der Waals surface area contributed by atoms with Crippen molar-refractivity contribution in [2.75, 3.05) is 0 Å². The quantitative estimate of drug-likeness (QED) is 0.688. The monoisotopic (exact) mass is 325 g/mol. The number of carbonyl (C=O) groups excluding carboxylic acids is 1. The van der Waals surface area contributed by atoms with E-state index in [2.05, 4.69) is 15.1 Å². The molecule has 0 aromatic carbocycles. The number of thiophene rings is 1. The van der Waals surface area contributed by atoms with E-state index in [0.717, 1.165) is 6.07 Å². The van der Waals surface area contributed by atoms with Gasteiger partial charge in [0.1, 0.15) is 5.69 Å². The minimum Gasteiger partial charge on any atom is -0.333 e. The van der Waals surface area contributed by atoms with Gasteiger partial charge in [-0.3, -0.25) is 9.78 Å². The zero-order valence-electron chi connectivity index (χ0n) is 10.7. The Balaban J connectivity index is 1.89. The molecule has 3 rings (SSSR count). The van der Waals surface area contributed by atoms with Crippen LogP contribution in [-0.4, -0.2) is 27.1 Å². The molecular weight excluding hydrogens is 319 g/mol. The van der Waals surface area contributed by atoms with E-state index in [-0.39, 0.29) is 16.6 Å². The topological polar surface area (TPSA) is 68.9 Å². The molecule has 3 heterocycles. The van der Waals surface area contributed by atoms with Crippen molar-refractivity contribution in [2.45, 2.75) is 6.18 Å². The van der Waals surface area contributed by atoms with Crippen LogP contribution in [0.2, 0.25) is 0 Å². The highest BCUT2D eigenvalue weighted by Crippen LogP contribution is 2.31. The number of alkyl halides is 3. The largest absolute Gasteiger partial charge is 0.455 e. The Morgan fingerprint density at radius 3 is 2.68 bits per heavy atom. The number of aromatic nitrogens is 3. The Morgan fingerprint density at radius 1 is 1.18 bits per heavy atom. The lowest BCUT2D eigenvalue weighted by Gasteiger charge is -2.00. The molecule has 0 N–H and O–H groups in total. The van der Waals surface area contributed by atoms with Crippen molar-refractivity contribution < 1.29 is 22.5 Å². The lowest BCUT2D eigenvalue weighted by Crippen LogP contribution is -2.21. The first-order valence-corrected chi connectivity index (χ1v) is 6.73. The van der Waals surface area contributed by atoms with Gasteiger partial charge in [0.2, 0.25) is 5.82 Å². The van der Waals surface area contributed by atoms with E-state index >= 15 is 0 Å². The van der Waals surface area contributed by atoms with Gasteiger partial charge in [0.15, 0.2) is 0 Å². The summed E-state index contributed by atoms with van der Waals surface area (Å²) in [5.74, 6) is -1.65. The van der Waals surface area contributed by atoms with E-state index < -0.39 is 16.8 Å². The van der Waals surface area contributed by atoms with Crippen LogP contribution in [0.1, 0.15) is 9.67 Å². The van der Waals surface area contributed by atoms with Gasteiger partial charge in [0.25, 0.3) is 11.7 Å². The molecule has 5 nitrogen and oxygen atoms in total. The zero-order valence-corrected chi connectivity index (χ0v) is 11.5. The number of hydrogen-bond acceptors (Lipinski definition) is 6. The van der Waals surface area contributed by atoms with Crippen LogP contribution in [0.4, 0.5) is 13.2 Å². The molecule has 112 valence electrons. The predicted octanol–water partition coefficient (Wildman–Crippen LogP) is 3.61. The lowest BCUT2D eigenvalue weighted by atomic mass is 10.3. The third kappa shape index (κ3) is 2.75. The predicted molar refractivity (Wildman–Crippen MR) is 71.2 cm³/mol. The molecule has 0 aliphatic rings. The van der Waals surface area contributed by atoms with E-state index in [1.807, 2.05) is 0 Å². The molecule has 0 atom stereocenters. The molecule has 0 aliphatic carbocycles. The van der Waals surface area contributed by atoms with E-state index in [1.165, 1.54) is 6.07 Å². The van der Waals surface area contributed by atoms with Crippen LogP contribution in [0.3, 0.4) is 0 Å². The fourth-order valence-corrected chi connectivity index (χ4v) is 2.52. The van der Waals surface area contributed by atoms with Gasteiger partial charge in [-0.15, -0.1) is 11.3 Å². The number of carbonyl (C=O) groups is 1. The molecule has 0 saturated carbocycles. The Labute approximate surface area is 125 Å². The molecule has 0 bridgehead atoms. The van der Waals surface area contributed by atoms with Crippen molar-refractivity contribution in [1.29, 1.82) is 0 Å². The molecule has 0 fully saturated rings. The fraction of sp³-hybridized carbons (Fsp3) is 0.0769. The summed E-state index contributed by atoms with van der Waals surface area (Å²) in [6.45, 7) is 0. The smallest absolute Gasteiger partial charge is 0.333 e. The summed E-state index contributed by atoms with van der Waals surface area (Å²) in [7, 11) is 0. The molecule has 0 unspecified atom stereocenters. The van der Waals surface area contributed by atoms with Crippen LogP contribution < -0.4 is 0 Å². The summed E-state index contributed by atoms with van der Waals surface area (Å²) in [6, 6.07) is 7.55. The number of pyridine rings is 1. The van der Waals surface area contributed by atoms with Crippen molar-refractivity contribution in [3.05, 3.63) is 41.4 Å². The molecule has 22 heavy (non-hydrogen) atoms. The minimum absolute atomic E-state index is 0.0341. The molecular formula is C13H6F3N3O2S. The second kappa shape index (κ2) is 5.34. The Hall–Kier alpha value is -2.55. The average molecular weight is 325 g/mol. The maximum Gasteiger partial charge on any atom is 0.455 e. The highest BCUT2D eigenvalue weighted by Gasteiger charge is 2.40. The van der Waals surface area contributed by atoms with E-state index in [0.29, 0.717) is 17.0 Å². The van der Waals surface area contributed by atoms with E-state index in [4.69, 9.17) is 4.52 Å². The minimum atomic E-state index is -4.91. The van der Waals surface area contributed by atoms with Crippen LogP contribution in [-0.2, 0) is 0 Å². The number of Topliss-reactive ketones (excluding diaryl/α,β-unsaturated/α-hetero) is 1. The van der Waals surface area contributed by atoms with Crippen molar-refractivity contribution in [3.8, 4) is 22.3 Å². The maximum atomic E-state index is 12.4. The van der Waals surface area contributed by atoms with Gasteiger partial charge < -0.3 is 4.52 Å². The van der Waals surface area contributed by atoms with Crippen molar-refractivity contribution >= 4 is 17.1 Å². The summed E-state index contributed by atoms with van der Waals surface area (Å²) in [5, 5.41) is 3.72. The molecule has 9 heteroatoms. The van der Waals surface area contributed by atoms with Crippen molar-refractivity contribution in [3.63, 3.8) is 0 Å². The summed E-state index contributed by atoms with van der Waals surface area (Å²) >= 11 is 0.643.